The highest BCUT2D eigenvalue weighted by molar-refractivity contribution is 6.74. The molecule has 0 N–H and O–H groups in total. The van der Waals surface area contributed by atoms with Gasteiger partial charge in [0.15, 0.2) is 8.32 Å². The number of hydrogen-bond acceptors (Lipinski definition) is 5. The zero-order chi connectivity index (χ0) is 24.7. The van der Waals surface area contributed by atoms with Crippen molar-refractivity contribution in [2.75, 3.05) is 0 Å². The maximum atomic E-state index is 13.1. The monoisotopic (exact) mass is 480 g/mol. The number of rotatable bonds is 6. The van der Waals surface area contributed by atoms with Gasteiger partial charge in [-0.15, -0.1) is 0 Å². The van der Waals surface area contributed by atoms with Crippen LogP contribution in [0.3, 0.4) is 0 Å². The standard InChI is InChI=1S/C28H36O5Si/c1-18(33-34(5,6)28(2,3)4)26-22-16-25(29)31-23(22)17-24(26)32-27(30)21-14-12-20(13-15-21)19-10-8-7-9-11-19/h7-15,18,22-24,26H,16-17H2,1-6H3/t18?,22-,23-,24+,26-/m1/s1. The van der Waals surface area contributed by atoms with Gasteiger partial charge in [-0.2, -0.15) is 0 Å². The molecule has 1 saturated carbocycles. The molecule has 1 unspecified atom stereocenters. The van der Waals surface area contributed by atoms with Gasteiger partial charge in [-0.1, -0.05) is 63.2 Å². The van der Waals surface area contributed by atoms with Gasteiger partial charge in [-0.05, 0) is 48.3 Å². The third-order valence-electron chi connectivity index (χ3n) is 7.87. The molecule has 1 aliphatic carbocycles. The van der Waals surface area contributed by atoms with E-state index >= 15 is 0 Å². The van der Waals surface area contributed by atoms with E-state index in [1.807, 2.05) is 54.6 Å². The molecule has 2 fully saturated rings. The minimum atomic E-state index is -2.03. The molecule has 1 aliphatic heterocycles. The van der Waals surface area contributed by atoms with Crippen LogP contribution in [0.2, 0.25) is 18.1 Å². The first kappa shape index (κ1) is 24.7. The largest absolute Gasteiger partial charge is 0.462 e. The van der Waals surface area contributed by atoms with Crippen LogP contribution in [0.15, 0.2) is 54.6 Å². The molecule has 2 aromatic carbocycles. The summed E-state index contributed by atoms with van der Waals surface area (Å²) < 4.78 is 18.3. The van der Waals surface area contributed by atoms with Crippen LogP contribution in [0.5, 0.6) is 0 Å². The van der Waals surface area contributed by atoms with Gasteiger partial charge in [0.25, 0.3) is 0 Å². The minimum Gasteiger partial charge on any atom is -0.462 e. The number of benzene rings is 2. The van der Waals surface area contributed by atoms with Gasteiger partial charge >= 0.3 is 11.9 Å². The number of ether oxygens (including phenoxy) is 2. The summed E-state index contributed by atoms with van der Waals surface area (Å²) in [6, 6.07) is 17.6. The Morgan fingerprint density at radius 1 is 1.03 bits per heavy atom. The van der Waals surface area contributed by atoms with Crippen LogP contribution in [-0.4, -0.2) is 38.6 Å². The Bertz CT molecular complexity index is 1030. The Hall–Kier alpha value is -2.44. The van der Waals surface area contributed by atoms with Gasteiger partial charge in [-0.25, -0.2) is 4.79 Å². The molecule has 1 saturated heterocycles. The van der Waals surface area contributed by atoms with Gasteiger partial charge in [0.2, 0.25) is 0 Å². The van der Waals surface area contributed by atoms with Crippen molar-refractivity contribution < 1.29 is 23.5 Å². The van der Waals surface area contributed by atoms with Crippen molar-refractivity contribution in [2.45, 2.75) is 77.0 Å². The first-order valence-electron chi connectivity index (χ1n) is 12.2. The van der Waals surface area contributed by atoms with Gasteiger partial charge in [0.05, 0.1) is 12.0 Å². The summed E-state index contributed by atoms with van der Waals surface area (Å²) in [6.07, 6.45) is 0.203. The Kier molecular flexibility index (Phi) is 6.75. The van der Waals surface area contributed by atoms with E-state index < -0.39 is 8.32 Å². The van der Waals surface area contributed by atoms with E-state index in [2.05, 4.69) is 40.8 Å². The lowest BCUT2D eigenvalue weighted by molar-refractivity contribution is -0.141. The lowest BCUT2D eigenvalue weighted by Gasteiger charge is -2.41. The predicted octanol–water partition coefficient (Wildman–Crippen LogP) is 6.24. The molecule has 0 spiro atoms. The molecule has 0 aromatic heterocycles. The van der Waals surface area contributed by atoms with E-state index in [1.165, 1.54) is 0 Å². The third kappa shape index (κ3) is 4.98. The summed E-state index contributed by atoms with van der Waals surface area (Å²) in [7, 11) is -2.03. The van der Waals surface area contributed by atoms with Gasteiger partial charge < -0.3 is 13.9 Å². The summed E-state index contributed by atoms with van der Waals surface area (Å²) in [4.78, 5) is 25.1. The first-order valence-corrected chi connectivity index (χ1v) is 15.1. The highest BCUT2D eigenvalue weighted by atomic mass is 28.4. The average molecular weight is 481 g/mol. The molecular weight excluding hydrogens is 444 g/mol. The maximum Gasteiger partial charge on any atom is 0.338 e. The molecule has 2 aromatic rings. The summed E-state index contributed by atoms with van der Waals surface area (Å²) in [6.45, 7) is 13.1. The van der Waals surface area contributed by atoms with Crippen LogP contribution in [0.25, 0.3) is 11.1 Å². The summed E-state index contributed by atoms with van der Waals surface area (Å²) in [5, 5.41) is 0.0634. The SMILES string of the molecule is CC(O[Si](C)(C)C(C)(C)C)[C@@H]1[C@@H]2CC(=O)O[C@@H]2C[C@@H]1OC(=O)c1ccc(-c2ccccc2)cc1. The van der Waals surface area contributed by atoms with E-state index in [0.29, 0.717) is 18.4 Å². The Balaban J connectivity index is 1.50. The summed E-state index contributed by atoms with van der Waals surface area (Å²) in [5.41, 5.74) is 2.67. The summed E-state index contributed by atoms with van der Waals surface area (Å²) >= 11 is 0. The Labute approximate surface area is 203 Å². The fourth-order valence-corrected chi connectivity index (χ4v) is 6.47. The number of fused-ring (bicyclic) bond motifs is 1. The van der Waals surface area contributed by atoms with Gasteiger partial charge in [0, 0.05) is 24.4 Å². The molecule has 5 nitrogen and oxygen atoms in total. The second-order valence-corrected chi connectivity index (χ2v) is 15.9. The highest BCUT2D eigenvalue weighted by Gasteiger charge is 2.55. The van der Waals surface area contributed by atoms with Gasteiger partial charge in [0.1, 0.15) is 12.2 Å². The fraction of sp³-hybridized carbons (Fsp3) is 0.500. The van der Waals surface area contributed by atoms with Crippen LogP contribution >= 0.6 is 0 Å². The Morgan fingerprint density at radius 3 is 2.26 bits per heavy atom. The van der Waals surface area contributed by atoms with Crippen LogP contribution in [-0.2, 0) is 18.7 Å². The predicted molar refractivity (Wildman–Crippen MR) is 135 cm³/mol. The van der Waals surface area contributed by atoms with E-state index in [1.54, 1.807) is 0 Å². The quantitative estimate of drug-likeness (QED) is 0.362. The molecular formula is C28H36O5Si. The van der Waals surface area contributed by atoms with Gasteiger partial charge in [-0.3, -0.25) is 4.79 Å². The highest BCUT2D eigenvalue weighted by Crippen LogP contribution is 2.47. The van der Waals surface area contributed by atoms with E-state index in [-0.39, 0.29) is 47.1 Å². The molecule has 2 aliphatic rings. The third-order valence-corrected chi connectivity index (χ3v) is 12.4. The first-order chi connectivity index (χ1) is 16.0. The van der Waals surface area contributed by atoms with Crippen LogP contribution in [0.4, 0.5) is 0 Å². The average Bonchev–Trinajstić information content (AvgIpc) is 3.28. The molecule has 6 heteroatoms. The molecule has 0 radical (unpaired) electrons. The molecule has 1 heterocycles. The Morgan fingerprint density at radius 2 is 1.65 bits per heavy atom. The van der Waals surface area contributed by atoms with Crippen molar-refractivity contribution in [3.8, 4) is 11.1 Å². The molecule has 0 amide bonds. The van der Waals surface area contributed by atoms with Crippen molar-refractivity contribution in [3.05, 3.63) is 60.2 Å². The maximum absolute atomic E-state index is 13.1. The molecule has 182 valence electrons. The lowest BCUT2D eigenvalue weighted by Crippen LogP contribution is -2.47. The van der Waals surface area contributed by atoms with Crippen LogP contribution in [0, 0.1) is 11.8 Å². The summed E-state index contributed by atoms with van der Waals surface area (Å²) in [5.74, 6) is -0.565. The number of carbonyl (C=O) groups excluding carboxylic acids is 2. The number of esters is 2. The number of hydrogen-bond donors (Lipinski definition) is 0. The topological polar surface area (TPSA) is 61.8 Å². The zero-order valence-corrected chi connectivity index (χ0v) is 22.0. The second kappa shape index (κ2) is 9.31. The molecule has 0 bridgehead atoms. The zero-order valence-electron chi connectivity index (χ0n) is 21.0. The molecule has 4 rings (SSSR count). The smallest absolute Gasteiger partial charge is 0.338 e. The lowest BCUT2D eigenvalue weighted by atomic mass is 9.88. The minimum absolute atomic E-state index is 0.0190. The number of carbonyl (C=O) groups is 2. The van der Waals surface area contributed by atoms with Crippen molar-refractivity contribution >= 4 is 20.3 Å². The van der Waals surface area contributed by atoms with Crippen molar-refractivity contribution in [3.63, 3.8) is 0 Å². The van der Waals surface area contributed by atoms with Crippen LogP contribution < -0.4 is 0 Å². The van der Waals surface area contributed by atoms with E-state index in [0.717, 1.165) is 11.1 Å². The van der Waals surface area contributed by atoms with Crippen molar-refractivity contribution in [2.24, 2.45) is 11.8 Å². The van der Waals surface area contributed by atoms with E-state index in [4.69, 9.17) is 13.9 Å². The van der Waals surface area contributed by atoms with E-state index in [9.17, 15) is 9.59 Å². The second-order valence-electron chi connectivity index (χ2n) is 11.2. The van der Waals surface area contributed by atoms with Crippen molar-refractivity contribution in [1.82, 2.24) is 0 Å². The molecule has 5 atom stereocenters. The van der Waals surface area contributed by atoms with Crippen molar-refractivity contribution in [1.29, 1.82) is 0 Å². The molecule has 34 heavy (non-hydrogen) atoms. The fourth-order valence-electron chi connectivity index (χ4n) is 5.03. The normalized spacial score (nSPS) is 25.5. The van der Waals surface area contributed by atoms with Crippen LogP contribution in [0.1, 0.15) is 50.9 Å².